The number of imidazole rings is 1. The van der Waals surface area contributed by atoms with Gasteiger partial charge < -0.3 is 14.6 Å². The summed E-state index contributed by atoms with van der Waals surface area (Å²) in [6.45, 7) is 0. The Bertz CT molecular complexity index is 961. The Morgan fingerprint density at radius 2 is 1.92 bits per heavy atom. The molecule has 4 rings (SSSR count). The Hall–Kier alpha value is -3.12. The molecule has 0 atom stereocenters. The maximum atomic E-state index is 5.36. The number of hydrogen-bond donors (Lipinski definition) is 1. The number of thiazole rings is 1. The van der Waals surface area contributed by atoms with Crippen LogP contribution in [-0.2, 0) is 0 Å². The molecule has 5 nitrogen and oxygen atoms in total. The largest absolute Gasteiger partial charge is 0.495 e. The number of ether oxygens (including phenoxy) is 1. The molecule has 0 amide bonds. The summed E-state index contributed by atoms with van der Waals surface area (Å²) in [5.41, 5.74) is 4.00. The SMILES string of the molecule is COc1ccccc1Nc1nc(-c2ccc(-n3ccnc3)cc2)cs1. The Labute approximate surface area is 149 Å². The maximum Gasteiger partial charge on any atom is 0.187 e. The van der Waals surface area contributed by atoms with E-state index in [0.717, 1.165) is 33.5 Å². The van der Waals surface area contributed by atoms with Gasteiger partial charge in [0.25, 0.3) is 0 Å². The van der Waals surface area contributed by atoms with Crippen LogP contribution in [0.4, 0.5) is 10.8 Å². The van der Waals surface area contributed by atoms with Crippen molar-refractivity contribution >= 4 is 22.2 Å². The molecule has 25 heavy (non-hydrogen) atoms. The molecule has 6 heteroatoms. The summed E-state index contributed by atoms with van der Waals surface area (Å²) in [5, 5.41) is 6.19. The van der Waals surface area contributed by atoms with Crippen LogP contribution >= 0.6 is 11.3 Å². The lowest BCUT2D eigenvalue weighted by molar-refractivity contribution is 0.417. The first-order valence-electron chi connectivity index (χ1n) is 7.78. The minimum absolute atomic E-state index is 0.795. The molecule has 2 aromatic carbocycles. The fourth-order valence-electron chi connectivity index (χ4n) is 2.54. The van der Waals surface area contributed by atoms with Crippen molar-refractivity contribution in [3.8, 4) is 22.7 Å². The first-order valence-corrected chi connectivity index (χ1v) is 8.66. The van der Waals surface area contributed by atoms with Crippen molar-refractivity contribution in [2.75, 3.05) is 12.4 Å². The van der Waals surface area contributed by atoms with Crippen molar-refractivity contribution in [3.63, 3.8) is 0 Å². The summed E-state index contributed by atoms with van der Waals surface area (Å²) < 4.78 is 7.34. The molecular weight excluding hydrogens is 332 g/mol. The lowest BCUT2D eigenvalue weighted by atomic mass is 10.1. The standard InChI is InChI=1S/C19H16N4OS/c1-24-18-5-3-2-4-16(18)21-19-22-17(12-25-19)14-6-8-15(9-7-14)23-11-10-20-13-23/h2-13H,1H3,(H,21,22). The molecule has 0 aliphatic rings. The van der Waals surface area contributed by atoms with E-state index in [0.29, 0.717) is 0 Å². The zero-order chi connectivity index (χ0) is 17.1. The number of rotatable bonds is 5. The number of para-hydroxylation sites is 2. The van der Waals surface area contributed by atoms with E-state index in [4.69, 9.17) is 4.74 Å². The average Bonchev–Trinajstić information content (AvgIpc) is 3.34. The quantitative estimate of drug-likeness (QED) is 0.565. The third-order valence-electron chi connectivity index (χ3n) is 3.82. The fraction of sp³-hybridized carbons (Fsp3) is 0.0526. The molecule has 0 aliphatic carbocycles. The van der Waals surface area contributed by atoms with Crippen LogP contribution in [0.2, 0.25) is 0 Å². The highest BCUT2D eigenvalue weighted by Gasteiger charge is 2.08. The zero-order valence-electron chi connectivity index (χ0n) is 13.6. The summed E-state index contributed by atoms with van der Waals surface area (Å²) in [5.74, 6) is 0.795. The van der Waals surface area contributed by atoms with Crippen LogP contribution in [0.3, 0.4) is 0 Å². The molecule has 0 radical (unpaired) electrons. The van der Waals surface area contributed by atoms with E-state index in [-0.39, 0.29) is 0 Å². The van der Waals surface area contributed by atoms with E-state index >= 15 is 0 Å². The van der Waals surface area contributed by atoms with Gasteiger partial charge in [0.05, 0.1) is 24.8 Å². The molecule has 0 unspecified atom stereocenters. The molecule has 2 heterocycles. The molecule has 0 fully saturated rings. The van der Waals surface area contributed by atoms with Crippen LogP contribution in [-0.4, -0.2) is 21.6 Å². The van der Waals surface area contributed by atoms with Gasteiger partial charge in [0.1, 0.15) is 5.75 Å². The van der Waals surface area contributed by atoms with Crippen LogP contribution < -0.4 is 10.1 Å². The molecule has 0 saturated carbocycles. The molecular formula is C19H16N4OS. The van der Waals surface area contributed by atoms with Gasteiger partial charge in [-0.2, -0.15) is 0 Å². The van der Waals surface area contributed by atoms with E-state index in [1.54, 1.807) is 31.0 Å². The number of nitrogens with zero attached hydrogens (tertiary/aromatic N) is 3. The van der Waals surface area contributed by atoms with Crippen LogP contribution in [0.15, 0.2) is 72.6 Å². The second-order valence-corrected chi connectivity index (χ2v) is 6.24. The van der Waals surface area contributed by atoms with Gasteiger partial charge >= 0.3 is 0 Å². The number of methoxy groups -OCH3 is 1. The van der Waals surface area contributed by atoms with E-state index in [1.165, 1.54) is 0 Å². The third-order valence-corrected chi connectivity index (χ3v) is 4.58. The Morgan fingerprint density at radius 1 is 1.08 bits per heavy atom. The van der Waals surface area contributed by atoms with Gasteiger partial charge in [-0.05, 0) is 24.3 Å². The molecule has 0 spiro atoms. The minimum atomic E-state index is 0.795. The molecule has 1 N–H and O–H groups in total. The zero-order valence-corrected chi connectivity index (χ0v) is 14.4. The average molecular weight is 348 g/mol. The second-order valence-electron chi connectivity index (χ2n) is 5.38. The molecule has 0 saturated heterocycles. The normalized spacial score (nSPS) is 10.6. The van der Waals surface area contributed by atoms with Gasteiger partial charge in [-0.1, -0.05) is 24.3 Å². The van der Waals surface area contributed by atoms with Gasteiger partial charge in [0.15, 0.2) is 5.13 Å². The molecule has 4 aromatic rings. The monoisotopic (exact) mass is 348 g/mol. The summed E-state index contributed by atoms with van der Waals surface area (Å²) in [6, 6.07) is 16.1. The fourth-order valence-corrected chi connectivity index (χ4v) is 3.28. The smallest absolute Gasteiger partial charge is 0.187 e. The first kappa shape index (κ1) is 15.4. The molecule has 0 bridgehead atoms. The highest BCUT2D eigenvalue weighted by Crippen LogP contribution is 2.31. The lowest BCUT2D eigenvalue weighted by Gasteiger charge is -2.08. The van der Waals surface area contributed by atoms with Crippen molar-refractivity contribution in [1.82, 2.24) is 14.5 Å². The van der Waals surface area contributed by atoms with E-state index in [9.17, 15) is 0 Å². The number of aromatic nitrogens is 3. The van der Waals surface area contributed by atoms with Gasteiger partial charge in [-0.25, -0.2) is 9.97 Å². The highest BCUT2D eigenvalue weighted by atomic mass is 32.1. The number of benzene rings is 2. The van der Waals surface area contributed by atoms with Crippen molar-refractivity contribution in [2.45, 2.75) is 0 Å². The van der Waals surface area contributed by atoms with Gasteiger partial charge in [0, 0.05) is 29.0 Å². The predicted octanol–water partition coefficient (Wildman–Crippen LogP) is 4.75. The van der Waals surface area contributed by atoms with E-state index in [1.807, 2.05) is 40.4 Å². The summed E-state index contributed by atoms with van der Waals surface area (Å²) in [6.07, 6.45) is 5.48. The maximum absolute atomic E-state index is 5.36. The topological polar surface area (TPSA) is 52.0 Å². The van der Waals surface area contributed by atoms with Crippen LogP contribution in [0.1, 0.15) is 0 Å². The molecule has 124 valence electrons. The summed E-state index contributed by atoms with van der Waals surface area (Å²) in [4.78, 5) is 8.75. The first-order chi connectivity index (χ1) is 12.3. The van der Waals surface area contributed by atoms with Gasteiger partial charge in [0.2, 0.25) is 0 Å². The minimum Gasteiger partial charge on any atom is -0.495 e. The van der Waals surface area contributed by atoms with Crippen molar-refractivity contribution in [3.05, 3.63) is 72.6 Å². The second kappa shape index (κ2) is 6.78. The molecule has 2 aromatic heterocycles. The predicted molar refractivity (Wildman–Crippen MR) is 101 cm³/mol. The van der Waals surface area contributed by atoms with Gasteiger partial charge in [-0.15, -0.1) is 11.3 Å². The van der Waals surface area contributed by atoms with Crippen LogP contribution in [0.5, 0.6) is 5.75 Å². The van der Waals surface area contributed by atoms with Crippen molar-refractivity contribution < 1.29 is 4.74 Å². The van der Waals surface area contributed by atoms with E-state index in [2.05, 4.69) is 39.6 Å². The number of nitrogens with one attached hydrogen (secondary N) is 1. The van der Waals surface area contributed by atoms with Crippen molar-refractivity contribution in [2.24, 2.45) is 0 Å². The summed E-state index contributed by atoms with van der Waals surface area (Å²) in [7, 11) is 1.66. The Balaban J connectivity index is 1.55. The summed E-state index contributed by atoms with van der Waals surface area (Å²) >= 11 is 1.57. The molecule has 0 aliphatic heterocycles. The van der Waals surface area contributed by atoms with Gasteiger partial charge in [-0.3, -0.25) is 0 Å². The highest BCUT2D eigenvalue weighted by molar-refractivity contribution is 7.14. The number of hydrogen-bond acceptors (Lipinski definition) is 5. The van der Waals surface area contributed by atoms with Crippen LogP contribution in [0, 0.1) is 0 Å². The number of anilines is 2. The Kier molecular flexibility index (Phi) is 4.18. The van der Waals surface area contributed by atoms with Crippen molar-refractivity contribution in [1.29, 1.82) is 0 Å². The van der Waals surface area contributed by atoms with Crippen LogP contribution in [0.25, 0.3) is 16.9 Å². The Morgan fingerprint density at radius 3 is 2.68 bits per heavy atom. The lowest BCUT2D eigenvalue weighted by Crippen LogP contribution is -1.94. The third kappa shape index (κ3) is 3.25. The van der Waals surface area contributed by atoms with E-state index < -0.39 is 0 Å².